The van der Waals surface area contributed by atoms with Gasteiger partial charge in [0.25, 0.3) is 5.56 Å². The van der Waals surface area contributed by atoms with Crippen LogP contribution in [0.4, 0.5) is 0 Å². The monoisotopic (exact) mass is 330 g/mol. The minimum absolute atomic E-state index is 0.317. The van der Waals surface area contributed by atoms with Gasteiger partial charge in [-0.15, -0.1) is 0 Å². The molecular formula is C16H18N4O2S. The van der Waals surface area contributed by atoms with Crippen LogP contribution < -0.4 is 11.2 Å². The highest BCUT2D eigenvalue weighted by Gasteiger charge is 2.17. The van der Waals surface area contributed by atoms with E-state index < -0.39 is 0 Å². The van der Waals surface area contributed by atoms with E-state index in [9.17, 15) is 9.59 Å². The minimum Gasteiger partial charge on any atom is -0.322 e. The van der Waals surface area contributed by atoms with Crippen LogP contribution in [0.25, 0.3) is 23.3 Å². The van der Waals surface area contributed by atoms with E-state index in [1.165, 1.54) is 7.05 Å². The van der Waals surface area contributed by atoms with Gasteiger partial charge in [-0.05, 0) is 34.9 Å². The maximum atomic E-state index is 12.4. The Morgan fingerprint density at radius 3 is 2.65 bits per heavy atom. The molecule has 120 valence electrons. The molecule has 0 saturated carbocycles. The maximum absolute atomic E-state index is 12.4. The van der Waals surface area contributed by atoms with Crippen molar-refractivity contribution in [2.45, 2.75) is 19.9 Å². The fraction of sp³-hybridized carbons (Fsp3) is 0.312. The first-order valence-electron chi connectivity index (χ1n) is 7.41. The van der Waals surface area contributed by atoms with E-state index in [2.05, 4.69) is 4.98 Å². The van der Waals surface area contributed by atoms with Crippen LogP contribution >= 0.6 is 11.3 Å². The van der Waals surface area contributed by atoms with Gasteiger partial charge in [0.15, 0.2) is 11.2 Å². The van der Waals surface area contributed by atoms with Crippen molar-refractivity contribution in [1.29, 1.82) is 0 Å². The summed E-state index contributed by atoms with van der Waals surface area (Å²) in [6, 6.07) is 2.01. The summed E-state index contributed by atoms with van der Waals surface area (Å²) < 4.78 is 4.46. The number of aromatic nitrogens is 4. The number of nitrogens with zero attached hydrogens (tertiary/aromatic N) is 4. The Labute approximate surface area is 136 Å². The van der Waals surface area contributed by atoms with Gasteiger partial charge < -0.3 is 4.57 Å². The molecule has 0 radical (unpaired) electrons. The molecule has 0 atom stereocenters. The maximum Gasteiger partial charge on any atom is 0.332 e. The summed E-state index contributed by atoms with van der Waals surface area (Å²) in [6.07, 6.45) is 4.61. The SMILES string of the molecule is CCCn1c(=O)n(C)c(=O)c2c1nc(/C=C/c1ccsc1)n2C. The third kappa shape index (κ3) is 2.57. The molecule has 3 rings (SSSR count). The second-order valence-electron chi connectivity index (χ2n) is 5.39. The minimum atomic E-state index is -0.323. The van der Waals surface area contributed by atoms with Crippen LogP contribution in [0.5, 0.6) is 0 Å². The smallest absolute Gasteiger partial charge is 0.322 e. The van der Waals surface area contributed by atoms with Gasteiger partial charge >= 0.3 is 5.69 Å². The highest BCUT2D eigenvalue weighted by atomic mass is 32.1. The summed E-state index contributed by atoms with van der Waals surface area (Å²) in [5.74, 6) is 0.652. The van der Waals surface area contributed by atoms with E-state index in [0.29, 0.717) is 23.5 Å². The molecule has 3 heterocycles. The normalized spacial score (nSPS) is 11.8. The second kappa shape index (κ2) is 6.00. The summed E-state index contributed by atoms with van der Waals surface area (Å²) >= 11 is 1.62. The third-order valence-electron chi connectivity index (χ3n) is 3.81. The van der Waals surface area contributed by atoms with Crippen molar-refractivity contribution in [3.8, 4) is 0 Å². The lowest BCUT2D eigenvalue weighted by Gasteiger charge is -2.07. The lowest BCUT2D eigenvalue weighted by molar-refractivity contribution is 0.610. The van der Waals surface area contributed by atoms with Crippen molar-refractivity contribution >= 4 is 34.7 Å². The lowest BCUT2D eigenvalue weighted by atomic mass is 10.3. The predicted molar refractivity (Wildman–Crippen MR) is 93.8 cm³/mol. The highest BCUT2D eigenvalue weighted by molar-refractivity contribution is 7.08. The van der Waals surface area contributed by atoms with Crippen LogP contribution in [0.3, 0.4) is 0 Å². The van der Waals surface area contributed by atoms with E-state index in [1.807, 2.05) is 35.9 Å². The highest BCUT2D eigenvalue weighted by Crippen LogP contribution is 2.14. The number of hydrogen-bond acceptors (Lipinski definition) is 4. The van der Waals surface area contributed by atoms with Gasteiger partial charge in [0, 0.05) is 20.6 Å². The van der Waals surface area contributed by atoms with Crippen molar-refractivity contribution in [2.24, 2.45) is 14.1 Å². The van der Waals surface area contributed by atoms with Crippen molar-refractivity contribution in [3.63, 3.8) is 0 Å². The Morgan fingerprint density at radius 2 is 2.00 bits per heavy atom. The van der Waals surface area contributed by atoms with Gasteiger partial charge in [-0.1, -0.05) is 13.0 Å². The third-order valence-corrected chi connectivity index (χ3v) is 4.51. The fourth-order valence-electron chi connectivity index (χ4n) is 2.56. The first-order chi connectivity index (χ1) is 11.0. The zero-order chi connectivity index (χ0) is 16.6. The number of rotatable bonds is 4. The van der Waals surface area contributed by atoms with Crippen LogP contribution in [-0.2, 0) is 20.6 Å². The van der Waals surface area contributed by atoms with E-state index in [1.54, 1.807) is 27.5 Å². The molecule has 6 nitrogen and oxygen atoms in total. The first kappa shape index (κ1) is 15.5. The molecule has 0 amide bonds. The summed E-state index contributed by atoms with van der Waals surface area (Å²) in [6.45, 7) is 2.53. The Bertz CT molecular complexity index is 990. The van der Waals surface area contributed by atoms with Gasteiger partial charge in [0.05, 0.1) is 0 Å². The zero-order valence-corrected chi connectivity index (χ0v) is 14.1. The van der Waals surface area contributed by atoms with Gasteiger partial charge in [-0.3, -0.25) is 13.9 Å². The van der Waals surface area contributed by atoms with Gasteiger partial charge in [0.1, 0.15) is 5.82 Å². The summed E-state index contributed by atoms with van der Waals surface area (Å²) in [7, 11) is 3.30. The van der Waals surface area contributed by atoms with Crippen molar-refractivity contribution in [2.75, 3.05) is 0 Å². The number of aryl methyl sites for hydroxylation is 2. The standard InChI is InChI=1S/C16H18N4O2S/c1-4-8-20-14-13(15(21)19(3)16(20)22)18(2)12(17-14)6-5-11-7-9-23-10-11/h5-7,9-10H,4,8H2,1-3H3/b6-5+. The van der Waals surface area contributed by atoms with E-state index in [0.717, 1.165) is 16.6 Å². The number of imidazole rings is 1. The molecule has 0 aliphatic heterocycles. The molecule has 0 spiro atoms. The van der Waals surface area contributed by atoms with E-state index in [4.69, 9.17) is 0 Å². The molecule has 7 heteroatoms. The predicted octanol–water partition coefficient (Wildman–Crippen LogP) is 2.08. The molecular weight excluding hydrogens is 312 g/mol. The zero-order valence-electron chi connectivity index (χ0n) is 13.3. The summed E-state index contributed by atoms with van der Waals surface area (Å²) in [5, 5.41) is 4.04. The molecule has 0 aromatic carbocycles. The first-order valence-corrected chi connectivity index (χ1v) is 8.35. The van der Waals surface area contributed by atoms with Crippen LogP contribution in [0, 0.1) is 0 Å². The van der Waals surface area contributed by atoms with Crippen molar-refractivity contribution in [3.05, 3.63) is 49.1 Å². The molecule has 3 aromatic heterocycles. The van der Waals surface area contributed by atoms with E-state index in [-0.39, 0.29) is 11.2 Å². The quantitative estimate of drug-likeness (QED) is 0.736. The lowest BCUT2D eigenvalue weighted by Crippen LogP contribution is -2.38. The average molecular weight is 330 g/mol. The van der Waals surface area contributed by atoms with Crippen molar-refractivity contribution < 1.29 is 0 Å². The molecule has 0 bridgehead atoms. The molecule has 0 saturated heterocycles. The molecule has 23 heavy (non-hydrogen) atoms. The molecule has 0 N–H and O–H groups in total. The second-order valence-corrected chi connectivity index (χ2v) is 6.17. The number of hydrogen-bond donors (Lipinski definition) is 0. The molecule has 3 aromatic rings. The molecule has 0 unspecified atom stereocenters. The van der Waals surface area contributed by atoms with Gasteiger partial charge in [0.2, 0.25) is 0 Å². The molecule has 0 aliphatic carbocycles. The fourth-order valence-corrected chi connectivity index (χ4v) is 3.19. The average Bonchev–Trinajstić information content (AvgIpc) is 3.15. The Hall–Kier alpha value is -2.41. The largest absolute Gasteiger partial charge is 0.332 e. The number of thiophene rings is 1. The molecule has 0 fully saturated rings. The molecule has 0 aliphatic rings. The Kier molecular flexibility index (Phi) is 4.04. The van der Waals surface area contributed by atoms with Crippen LogP contribution in [-0.4, -0.2) is 18.7 Å². The van der Waals surface area contributed by atoms with Crippen LogP contribution in [0.1, 0.15) is 24.7 Å². The Morgan fingerprint density at radius 1 is 1.22 bits per heavy atom. The van der Waals surface area contributed by atoms with E-state index >= 15 is 0 Å². The van der Waals surface area contributed by atoms with Gasteiger partial charge in [-0.2, -0.15) is 11.3 Å². The number of fused-ring (bicyclic) bond motifs is 1. The summed E-state index contributed by atoms with van der Waals surface area (Å²) in [4.78, 5) is 29.3. The van der Waals surface area contributed by atoms with Gasteiger partial charge in [-0.25, -0.2) is 9.78 Å². The topological polar surface area (TPSA) is 61.8 Å². The van der Waals surface area contributed by atoms with Crippen LogP contribution in [0.15, 0.2) is 26.4 Å². The van der Waals surface area contributed by atoms with Crippen molar-refractivity contribution in [1.82, 2.24) is 18.7 Å². The Balaban J connectivity index is 2.25. The van der Waals surface area contributed by atoms with Crippen LogP contribution in [0.2, 0.25) is 0 Å². The summed E-state index contributed by atoms with van der Waals surface area (Å²) in [5.41, 5.74) is 1.34.